The molecule has 1 saturated heterocycles. The first kappa shape index (κ1) is 30.4. The fourth-order valence-corrected chi connectivity index (χ4v) is 5.16. The molecule has 4 amide bonds. The number of amides is 4. The Morgan fingerprint density at radius 3 is 2.36 bits per heavy atom. The number of benzene rings is 3. The van der Waals surface area contributed by atoms with E-state index in [9.17, 15) is 24.0 Å². The maximum absolute atomic E-state index is 13.7. The Labute approximate surface area is 244 Å². The van der Waals surface area contributed by atoms with Crippen LogP contribution < -0.4 is 21.3 Å². The third-order valence-corrected chi connectivity index (χ3v) is 7.32. The van der Waals surface area contributed by atoms with E-state index < -0.39 is 29.9 Å². The molecule has 1 heterocycles. The molecule has 4 atom stereocenters. The van der Waals surface area contributed by atoms with Crippen molar-refractivity contribution in [1.82, 2.24) is 21.3 Å². The molecular formula is C32H36N4O6. The predicted octanol–water partition coefficient (Wildman–Crippen LogP) is 1.45. The summed E-state index contributed by atoms with van der Waals surface area (Å²) in [5.74, 6) is -2.06. The maximum atomic E-state index is 13.7. The van der Waals surface area contributed by atoms with Gasteiger partial charge in [-0.3, -0.25) is 19.2 Å². The second-order valence-corrected chi connectivity index (χ2v) is 10.4. The number of hydrogen-bond acceptors (Lipinski definition) is 6. The lowest BCUT2D eigenvalue weighted by Crippen LogP contribution is -2.57. The van der Waals surface area contributed by atoms with Gasteiger partial charge in [0.1, 0.15) is 18.4 Å². The molecular weight excluding hydrogens is 536 g/mol. The number of hydrogen-bond donors (Lipinski definition) is 4. The van der Waals surface area contributed by atoms with Crippen LogP contribution in [0.3, 0.4) is 0 Å². The monoisotopic (exact) mass is 572 g/mol. The molecule has 1 aliphatic heterocycles. The van der Waals surface area contributed by atoms with E-state index in [0.717, 1.165) is 21.9 Å². The van der Waals surface area contributed by atoms with Crippen molar-refractivity contribution in [3.63, 3.8) is 0 Å². The minimum atomic E-state index is -1.14. The summed E-state index contributed by atoms with van der Waals surface area (Å²) < 4.78 is 5.19. The molecule has 10 heteroatoms. The lowest BCUT2D eigenvalue weighted by molar-refractivity contribution is -0.133. The minimum absolute atomic E-state index is 0.0813. The van der Waals surface area contributed by atoms with Gasteiger partial charge in [0.05, 0.1) is 19.1 Å². The lowest BCUT2D eigenvalue weighted by atomic mass is 9.97. The molecule has 1 aliphatic rings. The predicted molar refractivity (Wildman–Crippen MR) is 157 cm³/mol. The highest BCUT2D eigenvalue weighted by Gasteiger charge is 2.31. The maximum Gasteiger partial charge on any atom is 0.245 e. The topological polar surface area (TPSA) is 143 Å². The van der Waals surface area contributed by atoms with Crippen LogP contribution in [0.25, 0.3) is 10.8 Å². The molecule has 220 valence electrons. The molecule has 42 heavy (non-hydrogen) atoms. The lowest BCUT2D eigenvalue weighted by Gasteiger charge is -2.25. The molecule has 0 aromatic heterocycles. The number of carbonyl (C=O) groups is 5. The molecule has 0 radical (unpaired) electrons. The molecule has 0 unspecified atom stereocenters. The first-order chi connectivity index (χ1) is 20.4. The highest BCUT2D eigenvalue weighted by molar-refractivity contribution is 5.94. The number of methoxy groups -OCH3 is 1. The van der Waals surface area contributed by atoms with Gasteiger partial charge in [0.25, 0.3) is 0 Å². The van der Waals surface area contributed by atoms with Crippen LogP contribution in [0.1, 0.15) is 24.0 Å². The first-order valence-corrected chi connectivity index (χ1v) is 14.0. The minimum Gasteiger partial charge on any atom is -0.382 e. The van der Waals surface area contributed by atoms with Gasteiger partial charge in [-0.2, -0.15) is 0 Å². The fraction of sp³-hybridized carbons (Fsp3) is 0.344. The van der Waals surface area contributed by atoms with Crippen LogP contribution in [0, 0.1) is 5.92 Å². The molecule has 1 fully saturated rings. The van der Waals surface area contributed by atoms with Crippen LogP contribution in [-0.2, 0) is 41.6 Å². The zero-order valence-electron chi connectivity index (χ0n) is 23.5. The second-order valence-electron chi connectivity index (χ2n) is 10.4. The second kappa shape index (κ2) is 14.9. The van der Waals surface area contributed by atoms with Gasteiger partial charge in [-0.25, -0.2) is 0 Å². The van der Waals surface area contributed by atoms with Gasteiger partial charge in [-0.15, -0.1) is 0 Å². The molecule has 3 aromatic rings. The van der Waals surface area contributed by atoms with Crippen LogP contribution in [0.15, 0.2) is 72.8 Å². The van der Waals surface area contributed by atoms with E-state index in [2.05, 4.69) is 21.3 Å². The number of fused-ring (bicyclic) bond motifs is 1. The van der Waals surface area contributed by atoms with Gasteiger partial charge in [0.2, 0.25) is 23.6 Å². The van der Waals surface area contributed by atoms with Crippen molar-refractivity contribution < 1.29 is 28.7 Å². The van der Waals surface area contributed by atoms with Crippen molar-refractivity contribution >= 4 is 40.7 Å². The Morgan fingerprint density at radius 2 is 1.64 bits per heavy atom. The summed E-state index contributed by atoms with van der Waals surface area (Å²) in [4.78, 5) is 63.5. The number of rotatable bonds is 14. The normalized spacial score (nSPS) is 16.6. The quantitative estimate of drug-likeness (QED) is 0.216. The molecule has 0 saturated carbocycles. The van der Waals surface area contributed by atoms with Gasteiger partial charge >= 0.3 is 0 Å². The Balaban J connectivity index is 1.50. The third-order valence-electron chi connectivity index (χ3n) is 7.32. The molecule has 0 bridgehead atoms. The van der Waals surface area contributed by atoms with Crippen molar-refractivity contribution in [2.75, 3.05) is 20.3 Å². The number of ether oxygens (including phenoxy) is 1. The average molecular weight is 573 g/mol. The SMILES string of the molecule is COC[C@H](NC(=O)[C@H](Cc1cccc2ccccc12)NC(=O)Cc1ccccc1)C(=O)N[C@H](C=O)C[C@@H]1CCNC1=O. The zero-order valence-corrected chi connectivity index (χ0v) is 23.5. The summed E-state index contributed by atoms with van der Waals surface area (Å²) in [6.45, 7) is 0.367. The van der Waals surface area contributed by atoms with Crippen molar-refractivity contribution in [2.45, 2.75) is 43.8 Å². The fourth-order valence-electron chi connectivity index (χ4n) is 5.16. The highest BCUT2D eigenvalue weighted by Crippen LogP contribution is 2.20. The Bertz CT molecular complexity index is 1410. The number of nitrogens with one attached hydrogen (secondary N) is 4. The Kier molecular flexibility index (Phi) is 10.8. The molecule has 4 rings (SSSR count). The van der Waals surface area contributed by atoms with E-state index in [-0.39, 0.29) is 43.6 Å². The van der Waals surface area contributed by atoms with Crippen LogP contribution in [-0.4, -0.2) is 68.3 Å². The summed E-state index contributed by atoms with van der Waals surface area (Å²) in [6.07, 6.45) is 1.59. The molecule has 0 spiro atoms. The van der Waals surface area contributed by atoms with E-state index in [1.54, 1.807) is 0 Å². The largest absolute Gasteiger partial charge is 0.382 e. The van der Waals surface area contributed by atoms with Crippen molar-refractivity contribution in [3.8, 4) is 0 Å². The number of aldehydes is 1. The van der Waals surface area contributed by atoms with Crippen LogP contribution in [0.5, 0.6) is 0 Å². The molecule has 3 aromatic carbocycles. The van der Waals surface area contributed by atoms with E-state index in [0.29, 0.717) is 19.3 Å². The van der Waals surface area contributed by atoms with Crippen LogP contribution in [0.2, 0.25) is 0 Å². The van der Waals surface area contributed by atoms with Crippen molar-refractivity contribution in [2.24, 2.45) is 5.92 Å². The number of carbonyl (C=O) groups excluding carboxylic acids is 5. The highest BCUT2D eigenvalue weighted by atomic mass is 16.5. The summed E-state index contributed by atoms with van der Waals surface area (Å²) in [5.41, 5.74) is 1.66. The zero-order chi connectivity index (χ0) is 29.9. The van der Waals surface area contributed by atoms with E-state index in [4.69, 9.17) is 4.74 Å². The Morgan fingerprint density at radius 1 is 0.929 bits per heavy atom. The standard InChI is InChI=1S/C32H36N4O6/c1-42-20-28(32(41)34-25(19-37)17-24-14-15-33-30(24)39)36-31(40)27(35-29(38)16-21-8-3-2-4-9-21)18-23-12-7-11-22-10-5-6-13-26(22)23/h2-13,19,24-25,27-28H,14-18,20H2,1H3,(H,33,39)(H,34,41)(H,35,38)(H,36,40)/t24-,25-,27-,28-/m0/s1. The summed E-state index contributed by atoms with van der Waals surface area (Å²) in [7, 11) is 1.39. The summed E-state index contributed by atoms with van der Waals surface area (Å²) >= 11 is 0. The molecule has 10 nitrogen and oxygen atoms in total. The smallest absolute Gasteiger partial charge is 0.245 e. The van der Waals surface area contributed by atoms with Gasteiger partial charge in [-0.05, 0) is 34.7 Å². The molecule has 0 aliphatic carbocycles. The van der Waals surface area contributed by atoms with E-state index in [1.165, 1.54) is 7.11 Å². The summed E-state index contributed by atoms with van der Waals surface area (Å²) in [6, 6.07) is 19.7. The average Bonchev–Trinajstić information content (AvgIpc) is 3.40. The molecule has 4 N–H and O–H groups in total. The van der Waals surface area contributed by atoms with Crippen molar-refractivity contribution in [1.29, 1.82) is 0 Å². The van der Waals surface area contributed by atoms with Gasteiger partial charge in [0.15, 0.2) is 0 Å². The van der Waals surface area contributed by atoms with Crippen molar-refractivity contribution in [3.05, 3.63) is 83.9 Å². The first-order valence-electron chi connectivity index (χ1n) is 14.0. The van der Waals surface area contributed by atoms with Gasteiger partial charge in [-0.1, -0.05) is 72.8 Å². The van der Waals surface area contributed by atoms with Gasteiger partial charge in [0, 0.05) is 26.0 Å². The van der Waals surface area contributed by atoms with E-state index in [1.807, 2.05) is 72.8 Å². The van der Waals surface area contributed by atoms with Gasteiger partial charge < -0.3 is 30.8 Å². The third kappa shape index (κ3) is 8.23. The Hall–Kier alpha value is -4.57. The van der Waals surface area contributed by atoms with Crippen LogP contribution in [0.4, 0.5) is 0 Å². The van der Waals surface area contributed by atoms with Crippen LogP contribution >= 0.6 is 0 Å². The summed E-state index contributed by atoms with van der Waals surface area (Å²) in [5, 5.41) is 12.8. The van der Waals surface area contributed by atoms with E-state index >= 15 is 0 Å².